The van der Waals surface area contributed by atoms with E-state index in [1.54, 1.807) is 19.3 Å². The lowest BCUT2D eigenvalue weighted by Crippen LogP contribution is -2.36. The van der Waals surface area contributed by atoms with Crippen LogP contribution in [-0.2, 0) is 16.6 Å². The lowest BCUT2D eigenvalue weighted by Gasteiger charge is -2.33. The fourth-order valence-electron chi connectivity index (χ4n) is 5.00. The van der Waals surface area contributed by atoms with E-state index in [1.807, 2.05) is 19.1 Å². The van der Waals surface area contributed by atoms with Gasteiger partial charge in [0.2, 0.25) is 5.56 Å². The van der Waals surface area contributed by atoms with Crippen LogP contribution < -0.4 is 10.5 Å². The Labute approximate surface area is 212 Å². The van der Waals surface area contributed by atoms with Gasteiger partial charge in [-0.15, -0.1) is 0 Å². The quantitative estimate of drug-likeness (QED) is 0.335. The lowest BCUT2D eigenvalue weighted by atomic mass is 9.84. The molecule has 0 bridgehead atoms. The van der Waals surface area contributed by atoms with Crippen LogP contribution >= 0.6 is 0 Å². The molecule has 0 spiro atoms. The van der Waals surface area contributed by atoms with Crippen molar-refractivity contribution < 1.29 is 14.3 Å². The molecule has 6 nitrogen and oxygen atoms in total. The smallest absolute Gasteiger partial charge is 0.309 e. The van der Waals surface area contributed by atoms with Crippen molar-refractivity contribution in [2.45, 2.75) is 39.0 Å². The van der Waals surface area contributed by atoms with E-state index in [1.165, 1.54) is 10.6 Å². The maximum Gasteiger partial charge on any atom is 0.309 e. The molecule has 0 amide bonds. The zero-order chi connectivity index (χ0) is 25.7. The highest BCUT2D eigenvalue weighted by atomic mass is 16.5. The van der Waals surface area contributed by atoms with Gasteiger partial charge in [0, 0.05) is 56.0 Å². The first-order chi connectivity index (χ1) is 17.4. The molecule has 0 unspecified atom stereocenters. The van der Waals surface area contributed by atoms with Crippen molar-refractivity contribution in [3.63, 3.8) is 0 Å². The van der Waals surface area contributed by atoms with Gasteiger partial charge in [-0.25, -0.2) is 0 Å². The molecule has 0 aliphatic carbocycles. The van der Waals surface area contributed by atoms with Gasteiger partial charge in [0.25, 0.3) is 0 Å². The second kappa shape index (κ2) is 11.4. The number of hydrogen-bond donors (Lipinski definition) is 0. The van der Waals surface area contributed by atoms with Gasteiger partial charge in [0.05, 0.1) is 12.5 Å². The van der Waals surface area contributed by atoms with E-state index in [9.17, 15) is 14.4 Å². The number of nitrogens with zero attached hydrogens (tertiary/aromatic N) is 2. The van der Waals surface area contributed by atoms with Gasteiger partial charge in [-0.1, -0.05) is 36.4 Å². The van der Waals surface area contributed by atoms with E-state index >= 15 is 0 Å². The summed E-state index contributed by atoms with van der Waals surface area (Å²) in [4.78, 5) is 39.4. The number of aryl methyl sites for hydroxylation is 2. The Morgan fingerprint density at radius 1 is 1.00 bits per heavy atom. The zero-order valence-corrected chi connectivity index (χ0v) is 21.3. The van der Waals surface area contributed by atoms with Gasteiger partial charge >= 0.3 is 5.97 Å². The number of aromatic nitrogens is 1. The second-order valence-corrected chi connectivity index (χ2v) is 9.51. The van der Waals surface area contributed by atoms with Crippen LogP contribution in [0.4, 0.5) is 5.69 Å². The Hall–Kier alpha value is -3.67. The minimum atomic E-state index is -0.135. The van der Waals surface area contributed by atoms with Crippen LogP contribution in [0.1, 0.15) is 59.2 Å². The molecule has 1 aliphatic rings. The van der Waals surface area contributed by atoms with Gasteiger partial charge in [-0.2, -0.15) is 0 Å². The van der Waals surface area contributed by atoms with E-state index in [-0.39, 0.29) is 29.1 Å². The minimum absolute atomic E-state index is 0.00367. The third-order valence-corrected chi connectivity index (χ3v) is 7.14. The average molecular weight is 487 g/mol. The summed E-state index contributed by atoms with van der Waals surface area (Å²) in [5.41, 5.74) is 4.86. The van der Waals surface area contributed by atoms with Crippen LogP contribution in [0.2, 0.25) is 0 Å². The number of piperidine rings is 1. The minimum Gasteiger partial charge on any atom is -0.466 e. The van der Waals surface area contributed by atoms with Crippen molar-refractivity contribution in [2.24, 2.45) is 13.0 Å². The van der Waals surface area contributed by atoms with E-state index in [0.29, 0.717) is 18.6 Å². The van der Waals surface area contributed by atoms with E-state index < -0.39 is 0 Å². The number of esters is 1. The van der Waals surface area contributed by atoms with E-state index in [0.717, 1.165) is 48.3 Å². The van der Waals surface area contributed by atoms with Gasteiger partial charge in [0.15, 0.2) is 5.78 Å². The van der Waals surface area contributed by atoms with Crippen molar-refractivity contribution in [1.82, 2.24) is 4.57 Å². The average Bonchev–Trinajstić information content (AvgIpc) is 2.89. The number of benzene rings is 2. The molecule has 1 aliphatic heterocycles. The molecular weight excluding hydrogens is 452 g/mol. The summed E-state index contributed by atoms with van der Waals surface area (Å²) in [6.07, 6.45) is 3.51. The highest BCUT2D eigenvalue weighted by Gasteiger charge is 2.26. The molecule has 0 saturated carbocycles. The molecule has 0 radical (unpaired) electrons. The van der Waals surface area contributed by atoms with Crippen molar-refractivity contribution >= 4 is 17.4 Å². The fraction of sp³-hybridized carbons (Fsp3) is 0.367. The maximum atomic E-state index is 13.3. The summed E-state index contributed by atoms with van der Waals surface area (Å²) in [7, 11) is 1.66. The fourth-order valence-corrected chi connectivity index (χ4v) is 5.00. The van der Waals surface area contributed by atoms with Crippen LogP contribution in [0.3, 0.4) is 0 Å². The predicted molar refractivity (Wildman–Crippen MR) is 142 cm³/mol. The Bertz CT molecular complexity index is 1270. The van der Waals surface area contributed by atoms with Crippen LogP contribution in [0.5, 0.6) is 0 Å². The van der Waals surface area contributed by atoms with Crippen molar-refractivity contribution in [2.75, 3.05) is 24.6 Å². The third kappa shape index (κ3) is 5.76. The number of ether oxygens (including phenoxy) is 1. The first-order valence-corrected chi connectivity index (χ1v) is 12.6. The first-order valence-electron chi connectivity index (χ1n) is 12.6. The molecule has 188 valence electrons. The standard InChI is InChI=1S/C30H34N2O4/c1-4-36-30(35)23-15-17-32(18-16-23)25-12-9-22(10-13-25)27(26-8-6-5-7-21(26)2)19-28(33)24-11-14-29(34)31(3)20-24/h5-14,20,23,27H,4,15-19H2,1-3H3/t27-/m1/s1. The summed E-state index contributed by atoms with van der Waals surface area (Å²) in [5, 5.41) is 0. The van der Waals surface area contributed by atoms with Crippen molar-refractivity contribution in [1.29, 1.82) is 0 Å². The van der Waals surface area contributed by atoms with Crippen LogP contribution in [-0.4, -0.2) is 36.0 Å². The molecule has 1 aromatic heterocycles. The molecule has 0 N–H and O–H groups in total. The topological polar surface area (TPSA) is 68.6 Å². The largest absolute Gasteiger partial charge is 0.466 e. The molecule has 36 heavy (non-hydrogen) atoms. The first kappa shape index (κ1) is 25.4. The van der Waals surface area contributed by atoms with Gasteiger partial charge in [0.1, 0.15) is 0 Å². The number of hydrogen-bond acceptors (Lipinski definition) is 5. The third-order valence-electron chi connectivity index (χ3n) is 7.14. The second-order valence-electron chi connectivity index (χ2n) is 9.51. The lowest BCUT2D eigenvalue weighted by molar-refractivity contribution is -0.148. The summed E-state index contributed by atoms with van der Waals surface area (Å²) in [5.74, 6) is -0.199. The van der Waals surface area contributed by atoms with E-state index in [2.05, 4.69) is 48.2 Å². The molecule has 2 aromatic carbocycles. The Morgan fingerprint density at radius 3 is 2.33 bits per heavy atom. The number of carbonyl (C=O) groups is 2. The molecule has 1 fully saturated rings. The van der Waals surface area contributed by atoms with Gasteiger partial charge in [-0.05, 0) is 61.6 Å². The number of rotatable bonds is 8. The summed E-state index contributed by atoms with van der Waals surface area (Å²) >= 11 is 0. The number of anilines is 1. The molecule has 2 heterocycles. The molecular formula is C30H34N2O4. The summed E-state index contributed by atoms with van der Waals surface area (Å²) in [6, 6.07) is 19.7. The highest BCUT2D eigenvalue weighted by Crippen LogP contribution is 2.33. The van der Waals surface area contributed by atoms with E-state index in [4.69, 9.17) is 4.74 Å². The van der Waals surface area contributed by atoms with Crippen molar-refractivity contribution in [3.8, 4) is 0 Å². The monoisotopic (exact) mass is 486 g/mol. The highest BCUT2D eigenvalue weighted by molar-refractivity contribution is 5.96. The Morgan fingerprint density at radius 2 is 1.69 bits per heavy atom. The number of pyridine rings is 1. The Balaban J connectivity index is 1.54. The predicted octanol–water partition coefficient (Wildman–Crippen LogP) is 4.88. The van der Waals surface area contributed by atoms with Crippen LogP contribution in [0, 0.1) is 12.8 Å². The molecule has 1 saturated heterocycles. The number of Topliss-reactive ketones (excluding diaryl/α,β-unsaturated/α-hetero) is 1. The van der Waals surface area contributed by atoms with Gasteiger partial charge in [-0.3, -0.25) is 14.4 Å². The van der Waals surface area contributed by atoms with Crippen LogP contribution in [0.15, 0.2) is 71.7 Å². The Kier molecular flexibility index (Phi) is 8.04. The summed E-state index contributed by atoms with van der Waals surface area (Å²) in [6.45, 7) is 5.97. The number of carbonyl (C=O) groups excluding carboxylic acids is 2. The van der Waals surface area contributed by atoms with Crippen molar-refractivity contribution in [3.05, 3.63) is 99.5 Å². The SMILES string of the molecule is CCOC(=O)C1CCN(c2ccc([C@@H](CC(=O)c3ccc(=O)n(C)c3)c3ccccc3C)cc2)CC1. The van der Waals surface area contributed by atoms with Crippen LogP contribution in [0.25, 0.3) is 0 Å². The zero-order valence-electron chi connectivity index (χ0n) is 21.3. The molecule has 6 heteroatoms. The molecule has 4 rings (SSSR count). The molecule has 1 atom stereocenters. The summed E-state index contributed by atoms with van der Waals surface area (Å²) < 4.78 is 6.63. The number of ketones is 1. The molecule has 3 aromatic rings. The maximum absolute atomic E-state index is 13.3. The normalized spacial score (nSPS) is 14.9. The van der Waals surface area contributed by atoms with Gasteiger partial charge < -0.3 is 14.2 Å².